The molecule has 0 radical (unpaired) electrons. The first-order chi connectivity index (χ1) is 9.43. The Labute approximate surface area is 121 Å². The van der Waals surface area contributed by atoms with E-state index in [-0.39, 0.29) is 11.7 Å². The first-order valence-electron chi connectivity index (χ1n) is 6.64. The minimum absolute atomic E-state index is 0.195. The van der Waals surface area contributed by atoms with Gasteiger partial charge in [-0.25, -0.2) is 9.78 Å². The monoisotopic (exact) mass is 294 g/mol. The molecule has 6 heteroatoms. The second-order valence-electron chi connectivity index (χ2n) is 4.90. The minimum atomic E-state index is -0.674. The van der Waals surface area contributed by atoms with Crippen molar-refractivity contribution >= 4 is 27.5 Å². The predicted octanol–water partition coefficient (Wildman–Crippen LogP) is 2.53. The van der Waals surface area contributed by atoms with Crippen molar-refractivity contribution in [2.24, 2.45) is 0 Å². The fourth-order valence-corrected chi connectivity index (χ4v) is 2.81. The molecule has 0 aliphatic heterocycles. The Balaban J connectivity index is 2.42. The summed E-state index contributed by atoms with van der Waals surface area (Å²) < 4.78 is 6.47. The maximum Gasteiger partial charge on any atom is 0.329 e. The van der Waals surface area contributed by atoms with Gasteiger partial charge in [-0.15, -0.1) is 11.3 Å². The highest BCUT2D eigenvalue weighted by atomic mass is 32.1. The zero-order valence-electron chi connectivity index (χ0n) is 12.0. The van der Waals surface area contributed by atoms with Gasteiger partial charge in [-0.3, -0.25) is 9.36 Å². The largest absolute Gasteiger partial charge is 0.461 e. The standard InChI is InChI=1S/C14H18N2O3S/c1-5-10-6-11-12(20-10)15-7-16(13(11)17)9(4)14(18)19-8(2)3/h6-9H,5H2,1-4H3/t9-/m1/s1. The molecule has 2 aromatic rings. The van der Waals surface area contributed by atoms with Crippen molar-refractivity contribution in [2.45, 2.75) is 46.3 Å². The summed E-state index contributed by atoms with van der Waals surface area (Å²) in [4.78, 5) is 30.4. The van der Waals surface area contributed by atoms with Gasteiger partial charge in [0.15, 0.2) is 0 Å². The Kier molecular flexibility index (Phi) is 4.23. The van der Waals surface area contributed by atoms with E-state index in [2.05, 4.69) is 4.98 Å². The van der Waals surface area contributed by atoms with E-state index in [4.69, 9.17) is 4.74 Å². The Morgan fingerprint density at radius 2 is 2.15 bits per heavy atom. The summed E-state index contributed by atoms with van der Waals surface area (Å²) in [6.07, 6.45) is 2.09. The smallest absolute Gasteiger partial charge is 0.329 e. The molecule has 0 spiro atoms. The third-order valence-corrected chi connectivity index (χ3v) is 4.17. The van der Waals surface area contributed by atoms with Crippen LogP contribution in [0.15, 0.2) is 17.2 Å². The van der Waals surface area contributed by atoms with Crippen molar-refractivity contribution in [2.75, 3.05) is 0 Å². The number of esters is 1. The third kappa shape index (κ3) is 2.75. The van der Waals surface area contributed by atoms with E-state index < -0.39 is 12.0 Å². The lowest BCUT2D eigenvalue weighted by Crippen LogP contribution is -2.30. The van der Waals surface area contributed by atoms with Gasteiger partial charge in [0.1, 0.15) is 10.9 Å². The number of ether oxygens (including phenoxy) is 1. The summed E-state index contributed by atoms with van der Waals surface area (Å²) in [7, 11) is 0. The molecule has 0 saturated heterocycles. The van der Waals surface area contributed by atoms with Crippen molar-refractivity contribution in [3.8, 4) is 0 Å². The van der Waals surface area contributed by atoms with E-state index in [0.717, 1.165) is 11.3 Å². The fraction of sp³-hybridized carbons (Fsp3) is 0.500. The SMILES string of the molecule is CCc1cc2c(=O)n([C@H](C)C(=O)OC(C)C)cnc2s1. The van der Waals surface area contributed by atoms with Crippen LogP contribution >= 0.6 is 11.3 Å². The lowest BCUT2D eigenvalue weighted by molar-refractivity contribution is -0.151. The van der Waals surface area contributed by atoms with E-state index in [0.29, 0.717) is 10.2 Å². The highest BCUT2D eigenvalue weighted by molar-refractivity contribution is 7.18. The number of carbonyl (C=O) groups excluding carboxylic acids is 1. The zero-order chi connectivity index (χ0) is 14.9. The van der Waals surface area contributed by atoms with Crippen LogP contribution in [0.4, 0.5) is 0 Å². The van der Waals surface area contributed by atoms with E-state index in [1.807, 2.05) is 13.0 Å². The number of thiophene rings is 1. The summed E-state index contributed by atoms with van der Waals surface area (Å²) in [6, 6.07) is 1.18. The molecule has 1 atom stereocenters. The topological polar surface area (TPSA) is 61.2 Å². The summed E-state index contributed by atoms with van der Waals surface area (Å²) in [5.41, 5.74) is -0.195. The molecular weight excluding hydrogens is 276 g/mol. The van der Waals surface area contributed by atoms with Crippen molar-refractivity contribution in [3.05, 3.63) is 27.6 Å². The number of aryl methyl sites for hydroxylation is 1. The molecule has 108 valence electrons. The van der Waals surface area contributed by atoms with E-state index in [1.165, 1.54) is 22.2 Å². The molecule has 0 N–H and O–H groups in total. The van der Waals surface area contributed by atoms with Crippen LogP contribution < -0.4 is 5.56 Å². The molecule has 0 aliphatic carbocycles. The summed E-state index contributed by atoms with van der Waals surface area (Å²) in [5.74, 6) is -0.422. The second kappa shape index (κ2) is 5.75. The highest BCUT2D eigenvalue weighted by Gasteiger charge is 2.20. The predicted molar refractivity (Wildman–Crippen MR) is 79.2 cm³/mol. The molecule has 0 aliphatic rings. The van der Waals surface area contributed by atoms with Crippen LogP contribution in [0.1, 0.15) is 38.6 Å². The average molecular weight is 294 g/mol. The van der Waals surface area contributed by atoms with Crippen LogP contribution in [0.25, 0.3) is 10.2 Å². The third-order valence-electron chi connectivity index (χ3n) is 2.99. The van der Waals surface area contributed by atoms with Crippen molar-refractivity contribution in [1.29, 1.82) is 0 Å². The van der Waals surface area contributed by atoms with Crippen LogP contribution in [0.5, 0.6) is 0 Å². The van der Waals surface area contributed by atoms with Crippen LogP contribution in [-0.4, -0.2) is 21.6 Å². The number of hydrogen-bond donors (Lipinski definition) is 0. The van der Waals surface area contributed by atoms with Gasteiger partial charge in [-0.1, -0.05) is 6.92 Å². The molecule has 2 rings (SSSR count). The van der Waals surface area contributed by atoms with Crippen molar-refractivity contribution in [1.82, 2.24) is 9.55 Å². The average Bonchev–Trinajstić information content (AvgIpc) is 2.81. The van der Waals surface area contributed by atoms with Gasteiger partial charge in [0, 0.05) is 4.88 Å². The normalized spacial score (nSPS) is 12.8. The lowest BCUT2D eigenvalue weighted by atomic mass is 10.3. The van der Waals surface area contributed by atoms with Crippen LogP contribution in [0.3, 0.4) is 0 Å². The fourth-order valence-electron chi connectivity index (χ4n) is 1.88. The van der Waals surface area contributed by atoms with E-state index in [9.17, 15) is 9.59 Å². The number of fused-ring (bicyclic) bond motifs is 1. The Morgan fingerprint density at radius 1 is 1.45 bits per heavy atom. The Hall–Kier alpha value is -1.69. The molecule has 2 heterocycles. The highest BCUT2D eigenvalue weighted by Crippen LogP contribution is 2.21. The number of aromatic nitrogens is 2. The van der Waals surface area contributed by atoms with Crippen LogP contribution in [0, 0.1) is 0 Å². The van der Waals surface area contributed by atoms with E-state index in [1.54, 1.807) is 20.8 Å². The second-order valence-corrected chi connectivity index (χ2v) is 6.02. The molecule has 0 fully saturated rings. The number of rotatable bonds is 4. The minimum Gasteiger partial charge on any atom is -0.461 e. The maximum absolute atomic E-state index is 12.4. The molecule has 0 aromatic carbocycles. The summed E-state index contributed by atoms with van der Waals surface area (Å²) in [6.45, 7) is 7.24. The Morgan fingerprint density at radius 3 is 2.75 bits per heavy atom. The molecule has 5 nitrogen and oxygen atoms in total. The molecule has 0 unspecified atom stereocenters. The van der Waals surface area contributed by atoms with Gasteiger partial charge < -0.3 is 4.74 Å². The summed E-state index contributed by atoms with van der Waals surface area (Å²) >= 11 is 1.51. The molecule has 2 aromatic heterocycles. The van der Waals surface area contributed by atoms with Gasteiger partial charge >= 0.3 is 5.97 Å². The zero-order valence-corrected chi connectivity index (χ0v) is 12.9. The molecular formula is C14H18N2O3S. The van der Waals surface area contributed by atoms with Gasteiger partial charge in [0.25, 0.3) is 5.56 Å². The summed E-state index contributed by atoms with van der Waals surface area (Å²) in [5, 5.41) is 0.568. The number of carbonyl (C=O) groups is 1. The molecule has 0 amide bonds. The number of hydrogen-bond acceptors (Lipinski definition) is 5. The maximum atomic E-state index is 12.4. The van der Waals surface area contributed by atoms with E-state index >= 15 is 0 Å². The first-order valence-corrected chi connectivity index (χ1v) is 7.45. The molecule has 20 heavy (non-hydrogen) atoms. The Bertz CT molecular complexity index is 687. The first kappa shape index (κ1) is 14.7. The molecule has 0 saturated carbocycles. The van der Waals surface area contributed by atoms with Gasteiger partial charge in [-0.2, -0.15) is 0 Å². The van der Waals surface area contributed by atoms with Crippen molar-refractivity contribution in [3.63, 3.8) is 0 Å². The van der Waals surface area contributed by atoms with Crippen molar-refractivity contribution < 1.29 is 9.53 Å². The van der Waals surface area contributed by atoms with Gasteiger partial charge in [-0.05, 0) is 33.3 Å². The van der Waals surface area contributed by atoms with Gasteiger partial charge in [0.2, 0.25) is 0 Å². The van der Waals surface area contributed by atoms with Gasteiger partial charge in [0.05, 0.1) is 17.8 Å². The molecule has 0 bridgehead atoms. The lowest BCUT2D eigenvalue weighted by Gasteiger charge is -2.15. The van der Waals surface area contributed by atoms with Crippen LogP contribution in [-0.2, 0) is 16.0 Å². The number of nitrogens with zero attached hydrogens (tertiary/aromatic N) is 2. The van der Waals surface area contributed by atoms with Crippen LogP contribution in [0.2, 0.25) is 0 Å². The quantitative estimate of drug-likeness (QED) is 0.813.